The summed E-state index contributed by atoms with van der Waals surface area (Å²) in [5.41, 5.74) is 5.33. The van der Waals surface area contributed by atoms with Crippen LogP contribution >= 0.6 is 23.2 Å². The van der Waals surface area contributed by atoms with Crippen molar-refractivity contribution < 1.29 is 4.74 Å². The third-order valence-corrected chi connectivity index (χ3v) is 7.70. The predicted molar refractivity (Wildman–Crippen MR) is 151 cm³/mol. The number of nitriles is 1. The minimum absolute atomic E-state index is 0.402. The van der Waals surface area contributed by atoms with E-state index in [1.165, 1.54) is 26.4 Å². The number of benzene rings is 2. The molecule has 37 heavy (non-hydrogen) atoms. The molecule has 1 N–H and O–H groups in total. The lowest BCUT2D eigenvalue weighted by molar-refractivity contribution is 0.395. The SMILES string of the molecule is CCC1CCN(c2ccc(-c3ccc4c(Nc5cc(OC)c(Cl)cc5Cl)c(C#N)cnc4c3)nc2)CC1. The summed E-state index contributed by atoms with van der Waals surface area (Å²) in [6.45, 7) is 4.44. The first kappa shape index (κ1) is 25.1. The number of methoxy groups -OCH3 is 1. The summed E-state index contributed by atoms with van der Waals surface area (Å²) >= 11 is 12.6. The average Bonchev–Trinajstić information content (AvgIpc) is 2.94. The van der Waals surface area contributed by atoms with E-state index in [9.17, 15) is 5.26 Å². The van der Waals surface area contributed by atoms with Crippen LogP contribution in [0.15, 0.2) is 54.9 Å². The molecule has 0 saturated carbocycles. The number of pyridine rings is 2. The fourth-order valence-electron chi connectivity index (χ4n) is 4.83. The standard InChI is InChI=1S/C29H27Cl2N5O/c1-3-18-8-10-36(11-9-18)21-5-7-25(34-17-21)19-4-6-22-26(12-19)33-16-20(15-32)29(22)35-27-14-28(37-2)24(31)13-23(27)30/h4-7,12-14,16-18H,3,8-11H2,1-2H3,(H,33,35). The molecular weight excluding hydrogens is 505 g/mol. The van der Waals surface area contributed by atoms with Crippen LogP contribution in [0.1, 0.15) is 31.7 Å². The molecule has 0 spiro atoms. The van der Waals surface area contributed by atoms with Crippen LogP contribution in [0, 0.1) is 17.2 Å². The van der Waals surface area contributed by atoms with Crippen molar-refractivity contribution in [3.63, 3.8) is 0 Å². The molecule has 0 aliphatic carbocycles. The minimum atomic E-state index is 0.402. The molecule has 0 amide bonds. The molecule has 1 fully saturated rings. The molecule has 2 aromatic carbocycles. The number of rotatable bonds is 6. The number of hydrogen-bond donors (Lipinski definition) is 1. The highest BCUT2D eigenvalue weighted by molar-refractivity contribution is 6.37. The third-order valence-electron chi connectivity index (χ3n) is 7.09. The Morgan fingerprint density at radius 1 is 1.05 bits per heavy atom. The minimum Gasteiger partial charge on any atom is -0.495 e. The molecule has 2 aromatic heterocycles. The molecular formula is C29H27Cl2N5O. The lowest BCUT2D eigenvalue weighted by Gasteiger charge is -2.33. The molecule has 0 radical (unpaired) electrons. The maximum absolute atomic E-state index is 9.74. The number of hydrogen-bond acceptors (Lipinski definition) is 6. The van der Waals surface area contributed by atoms with Gasteiger partial charge in [-0.25, -0.2) is 0 Å². The van der Waals surface area contributed by atoms with Gasteiger partial charge in [0.25, 0.3) is 0 Å². The molecule has 6 nitrogen and oxygen atoms in total. The average molecular weight is 532 g/mol. The Hall–Kier alpha value is -3.53. The van der Waals surface area contributed by atoms with Crippen molar-refractivity contribution in [2.24, 2.45) is 5.92 Å². The topological polar surface area (TPSA) is 74.1 Å². The first-order valence-electron chi connectivity index (χ1n) is 12.3. The maximum atomic E-state index is 9.74. The molecule has 0 bridgehead atoms. The van der Waals surface area contributed by atoms with E-state index in [1.807, 2.05) is 24.4 Å². The summed E-state index contributed by atoms with van der Waals surface area (Å²) in [4.78, 5) is 11.7. The second-order valence-electron chi connectivity index (χ2n) is 9.22. The zero-order valence-electron chi connectivity index (χ0n) is 20.8. The number of piperidine rings is 1. The van der Waals surface area contributed by atoms with Crippen molar-refractivity contribution in [2.75, 3.05) is 30.4 Å². The largest absolute Gasteiger partial charge is 0.495 e. The van der Waals surface area contributed by atoms with Gasteiger partial charge < -0.3 is 15.0 Å². The van der Waals surface area contributed by atoms with Gasteiger partial charge in [-0.05, 0) is 49.1 Å². The highest BCUT2D eigenvalue weighted by Gasteiger charge is 2.19. The van der Waals surface area contributed by atoms with Crippen LogP contribution in [0.2, 0.25) is 10.0 Å². The van der Waals surface area contributed by atoms with Gasteiger partial charge in [-0.1, -0.05) is 42.6 Å². The Balaban J connectivity index is 1.45. The number of nitrogens with one attached hydrogen (secondary N) is 1. The number of halogens is 2. The highest BCUT2D eigenvalue weighted by Crippen LogP contribution is 2.38. The second kappa shape index (κ2) is 10.8. The van der Waals surface area contributed by atoms with E-state index in [0.717, 1.165) is 46.9 Å². The summed E-state index contributed by atoms with van der Waals surface area (Å²) in [5, 5.41) is 14.7. The van der Waals surface area contributed by atoms with Crippen molar-refractivity contribution in [1.82, 2.24) is 9.97 Å². The van der Waals surface area contributed by atoms with Crippen molar-refractivity contribution in [3.05, 3.63) is 70.5 Å². The Morgan fingerprint density at radius 3 is 2.54 bits per heavy atom. The Morgan fingerprint density at radius 2 is 1.86 bits per heavy atom. The van der Waals surface area contributed by atoms with E-state index in [0.29, 0.717) is 32.7 Å². The highest BCUT2D eigenvalue weighted by atomic mass is 35.5. The second-order valence-corrected chi connectivity index (χ2v) is 10.0. The van der Waals surface area contributed by atoms with Gasteiger partial charge in [0.15, 0.2) is 0 Å². The molecule has 1 aliphatic heterocycles. The Labute approximate surface area is 226 Å². The normalized spacial score (nSPS) is 14.0. The monoisotopic (exact) mass is 531 g/mol. The number of fused-ring (bicyclic) bond motifs is 1. The summed E-state index contributed by atoms with van der Waals surface area (Å²) in [6.07, 6.45) is 7.26. The van der Waals surface area contributed by atoms with E-state index in [-0.39, 0.29) is 0 Å². The van der Waals surface area contributed by atoms with E-state index in [4.69, 9.17) is 32.9 Å². The predicted octanol–water partition coefficient (Wildman–Crippen LogP) is 7.85. The summed E-state index contributed by atoms with van der Waals surface area (Å²) < 4.78 is 5.33. The van der Waals surface area contributed by atoms with E-state index >= 15 is 0 Å². The molecule has 1 saturated heterocycles. The van der Waals surface area contributed by atoms with Crippen LogP contribution in [0.4, 0.5) is 17.1 Å². The molecule has 4 aromatic rings. The molecule has 3 heterocycles. The number of ether oxygens (including phenoxy) is 1. The van der Waals surface area contributed by atoms with Gasteiger partial charge in [-0.3, -0.25) is 9.97 Å². The maximum Gasteiger partial charge on any atom is 0.139 e. The van der Waals surface area contributed by atoms with Crippen molar-refractivity contribution in [1.29, 1.82) is 5.26 Å². The van der Waals surface area contributed by atoms with Crippen LogP contribution in [0.3, 0.4) is 0 Å². The lowest BCUT2D eigenvalue weighted by atomic mass is 9.94. The van der Waals surface area contributed by atoms with Gasteiger partial charge >= 0.3 is 0 Å². The zero-order valence-corrected chi connectivity index (χ0v) is 22.3. The molecule has 1 aliphatic rings. The van der Waals surface area contributed by atoms with Crippen LogP contribution in [-0.4, -0.2) is 30.2 Å². The van der Waals surface area contributed by atoms with E-state index < -0.39 is 0 Å². The van der Waals surface area contributed by atoms with Gasteiger partial charge in [-0.2, -0.15) is 5.26 Å². The van der Waals surface area contributed by atoms with Gasteiger partial charge in [0.2, 0.25) is 0 Å². The number of aromatic nitrogens is 2. The third kappa shape index (κ3) is 5.16. The first-order valence-corrected chi connectivity index (χ1v) is 13.1. The van der Waals surface area contributed by atoms with Crippen LogP contribution in [0.25, 0.3) is 22.2 Å². The van der Waals surface area contributed by atoms with Crippen molar-refractivity contribution >= 4 is 51.2 Å². The van der Waals surface area contributed by atoms with Crippen LogP contribution < -0.4 is 15.0 Å². The van der Waals surface area contributed by atoms with Gasteiger partial charge in [-0.15, -0.1) is 0 Å². The number of anilines is 3. The first-order chi connectivity index (χ1) is 18.0. The molecule has 5 rings (SSSR count). The fraction of sp³-hybridized carbons (Fsp3) is 0.276. The van der Waals surface area contributed by atoms with Gasteiger partial charge in [0, 0.05) is 36.3 Å². The summed E-state index contributed by atoms with van der Waals surface area (Å²) in [5.74, 6) is 1.32. The zero-order chi connectivity index (χ0) is 25.9. The smallest absolute Gasteiger partial charge is 0.139 e. The number of nitrogens with zero attached hydrogens (tertiary/aromatic N) is 4. The summed E-state index contributed by atoms with van der Waals surface area (Å²) in [7, 11) is 1.54. The van der Waals surface area contributed by atoms with Gasteiger partial charge in [0.1, 0.15) is 11.8 Å². The quantitative estimate of drug-likeness (QED) is 0.273. The molecule has 0 atom stereocenters. The Kier molecular flexibility index (Phi) is 7.36. The van der Waals surface area contributed by atoms with E-state index in [2.05, 4.69) is 40.3 Å². The fourth-order valence-corrected chi connectivity index (χ4v) is 5.34. The van der Waals surface area contributed by atoms with E-state index in [1.54, 1.807) is 18.3 Å². The van der Waals surface area contributed by atoms with Crippen molar-refractivity contribution in [3.8, 4) is 23.1 Å². The molecule has 8 heteroatoms. The van der Waals surface area contributed by atoms with Crippen LogP contribution in [-0.2, 0) is 0 Å². The van der Waals surface area contributed by atoms with Crippen molar-refractivity contribution in [2.45, 2.75) is 26.2 Å². The summed E-state index contributed by atoms with van der Waals surface area (Å²) in [6, 6.07) is 15.7. The molecule has 188 valence electrons. The Bertz CT molecular complexity index is 1470. The van der Waals surface area contributed by atoms with Crippen LogP contribution in [0.5, 0.6) is 5.75 Å². The van der Waals surface area contributed by atoms with Gasteiger partial charge in [0.05, 0.1) is 57.2 Å². The molecule has 0 unspecified atom stereocenters. The lowest BCUT2D eigenvalue weighted by Crippen LogP contribution is -2.33.